The Hall–Kier alpha value is -1.96. The summed E-state index contributed by atoms with van der Waals surface area (Å²) in [6.07, 6.45) is 0.574. The molecule has 0 radical (unpaired) electrons. The van der Waals surface area contributed by atoms with Crippen LogP contribution in [-0.4, -0.2) is 23.3 Å². The van der Waals surface area contributed by atoms with Crippen molar-refractivity contribution in [2.24, 2.45) is 5.16 Å². The Morgan fingerprint density at radius 2 is 2.41 bits per heavy atom. The van der Waals surface area contributed by atoms with E-state index in [0.29, 0.717) is 5.56 Å². The standard InChI is InChI=1S/C9H11N3O4S/c1-6(2)11-9(13)16-10-4-7-3-8(12(14)15)17-5-7/h3-6H,1-2H3,(H,11,13)/b10-4-. The topological polar surface area (TPSA) is 93.8 Å². The van der Waals surface area contributed by atoms with Gasteiger partial charge >= 0.3 is 11.1 Å². The zero-order valence-electron chi connectivity index (χ0n) is 9.25. The van der Waals surface area contributed by atoms with Gasteiger partial charge in [0.05, 0.1) is 11.1 Å². The lowest BCUT2D eigenvalue weighted by atomic mass is 10.4. The second-order valence-corrected chi connectivity index (χ2v) is 4.28. The lowest BCUT2D eigenvalue weighted by molar-refractivity contribution is -0.380. The van der Waals surface area contributed by atoms with E-state index in [1.807, 2.05) is 0 Å². The summed E-state index contributed by atoms with van der Waals surface area (Å²) in [7, 11) is 0. The van der Waals surface area contributed by atoms with E-state index in [9.17, 15) is 14.9 Å². The maximum atomic E-state index is 11.0. The monoisotopic (exact) mass is 257 g/mol. The molecule has 1 heterocycles. The second-order valence-electron chi connectivity index (χ2n) is 3.39. The molecule has 0 aliphatic carbocycles. The van der Waals surface area contributed by atoms with E-state index in [1.165, 1.54) is 12.3 Å². The fourth-order valence-corrected chi connectivity index (χ4v) is 1.58. The summed E-state index contributed by atoms with van der Waals surface area (Å²) in [6.45, 7) is 3.57. The zero-order valence-corrected chi connectivity index (χ0v) is 10.1. The summed E-state index contributed by atoms with van der Waals surface area (Å²) in [5, 5.41) is 17.8. The molecule has 8 heteroatoms. The quantitative estimate of drug-likeness (QED) is 0.387. The zero-order chi connectivity index (χ0) is 12.8. The number of thiophene rings is 1. The van der Waals surface area contributed by atoms with Gasteiger partial charge in [-0.25, -0.2) is 4.79 Å². The summed E-state index contributed by atoms with van der Waals surface area (Å²) in [5.74, 6) is 0. The van der Waals surface area contributed by atoms with Crippen LogP contribution in [0.15, 0.2) is 16.6 Å². The van der Waals surface area contributed by atoms with Crippen molar-refractivity contribution in [3.8, 4) is 0 Å². The minimum absolute atomic E-state index is 0.0121. The summed E-state index contributed by atoms with van der Waals surface area (Å²) in [6, 6.07) is 1.30. The van der Waals surface area contributed by atoms with Gasteiger partial charge in [0.1, 0.15) is 0 Å². The molecule has 1 aromatic rings. The van der Waals surface area contributed by atoms with Crippen LogP contribution in [0.1, 0.15) is 19.4 Å². The first-order valence-electron chi connectivity index (χ1n) is 4.73. The average Bonchev–Trinajstić information content (AvgIpc) is 2.65. The molecule has 1 rings (SSSR count). The van der Waals surface area contributed by atoms with Gasteiger partial charge in [-0.05, 0) is 13.8 Å². The number of nitrogens with one attached hydrogen (secondary N) is 1. The molecule has 92 valence electrons. The van der Waals surface area contributed by atoms with Gasteiger partial charge in [-0.15, -0.1) is 0 Å². The number of amides is 1. The smallest absolute Gasteiger partial charge is 0.317 e. The van der Waals surface area contributed by atoms with Gasteiger partial charge in [0.15, 0.2) is 0 Å². The molecule has 0 aliphatic rings. The van der Waals surface area contributed by atoms with E-state index >= 15 is 0 Å². The summed E-state index contributed by atoms with van der Waals surface area (Å²) >= 11 is 0.981. The van der Waals surface area contributed by atoms with E-state index in [1.54, 1.807) is 19.2 Å². The predicted octanol–water partition coefficient (Wildman–Crippen LogP) is 2.12. The molecular formula is C9H11N3O4S. The van der Waals surface area contributed by atoms with Crippen molar-refractivity contribution in [3.63, 3.8) is 0 Å². The number of nitrogens with zero attached hydrogens (tertiary/aromatic N) is 2. The molecule has 0 atom stereocenters. The van der Waals surface area contributed by atoms with Crippen LogP contribution in [0.4, 0.5) is 9.80 Å². The summed E-state index contributed by atoms with van der Waals surface area (Å²) < 4.78 is 0. The highest BCUT2D eigenvalue weighted by molar-refractivity contribution is 7.13. The maximum absolute atomic E-state index is 11.0. The van der Waals surface area contributed by atoms with Crippen molar-refractivity contribution in [3.05, 3.63) is 27.1 Å². The minimum Gasteiger partial charge on any atom is -0.317 e. The first-order chi connectivity index (χ1) is 7.99. The van der Waals surface area contributed by atoms with Crippen LogP contribution in [0, 0.1) is 10.1 Å². The van der Waals surface area contributed by atoms with Crippen LogP contribution in [0.5, 0.6) is 0 Å². The molecule has 0 saturated carbocycles. The van der Waals surface area contributed by atoms with Crippen molar-refractivity contribution in [2.75, 3.05) is 0 Å². The number of oxime groups is 1. The molecule has 7 nitrogen and oxygen atoms in total. The molecule has 0 spiro atoms. The normalized spacial score (nSPS) is 10.8. The fourth-order valence-electron chi connectivity index (χ4n) is 0.900. The molecule has 0 aliphatic heterocycles. The highest BCUT2D eigenvalue weighted by Crippen LogP contribution is 2.21. The maximum Gasteiger partial charge on any atom is 0.433 e. The van der Waals surface area contributed by atoms with Crippen LogP contribution in [0.3, 0.4) is 0 Å². The molecule has 0 unspecified atom stereocenters. The summed E-state index contributed by atoms with van der Waals surface area (Å²) in [4.78, 5) is 25.4. The van der Waals surface area contributed by atoms with Crippen molar-refractivity contribution in [1.82, 2.24) is 5.32 Å². The number of nitro groups is 1. The van der Waals surface area contributed by atoms with E-state index in [4.69, 9.17) is 0 Å². The van der Waals surface area contributed by atoms with Gasteiger partial charge in [-0.2, -0.15) is 0 Å². The highest BCUT2D eigenvalue weighted by Gasteiger charge is 2.08. The number of carbonyl (C=O) groups is 1. The predicted molar refractivity (Wildman–Crippen MR) is 63.3 cm³/mol. The fraction of sp³-hybridized carbons (Fsp3) is 0.333. The minimum atomic E-state index is -0.666. The Labute approximate surface area is 101 Å². The van der Waals surface area contributed by atoms with Crippen molar-refractivity contribution < 1.29 is 14.6 Å². The van der Waals surface area contributed by atoms with Gasteiger partial charge in [-0.3, -0.25) is 15.0 Å². The average molecular weight is 257 g/mol. The van der Waals surface area contributed by atoms with Crippen LogP contribution in [0.2, 0.25) is 0 Å². The van der Waals surface area contributed by atoms with Crippen LogP contribution < -0.4 is 5.32 Å². The van der Waals surface area contributed by atoms with Gasteiger partial charge < -0.3 is 5.32 Å². The van der Waals surface area contributed by atoms with Crippen LogP contribution in [0.25, 0.3) is 0 Å². The van der Waals surface area contributed by atoms with E-state index in [2.05, 4.69) is 15.3 Å². The SMILES string of the molecule is CC(C)NC(=O)O/N=C\c1csc([N+](=O)[O-])c1. The largest absolute Gasteiger partial charge is 0.433 e. The third-order valence-electron chi connectivity index (χ3n) is 1.53. The second kappa shape index (κ2) is 5.94. The Morgan fingerprint density at radius 1 is 1.71 bits per heavy atom. The number of hydrogen-bond donors (Lipinski definition) is 1. The van der Waals surface area contributed by atoms with Gasteiger partial charge in [0.25, 0.3) is 0 Å². The third kappa shape index (κ3) is 4.60. The molecule has 17 heavy (non-hydrogen) atoms. The lowest BCUT2D eigenvalue weighted by Crippen LogP contribution is -2.29. The molecule has 0 bridgehead atoms. The molecule has 1 aromatic heterocycles. The molecule has 0 fully saturated rings. The van der Waals surface area contributed by atoms with Crippen LogP contribution >= 0.6 is 11.3 Å². The Bertz CT molecular complexity index is 441. The van der Waals surface area contributed by atoms with Crippen molar-refractivity contribution >= 4 is 28.6 Å². The van der Waals surface area contributed by atoms with Gasteiger partial charge in [0, 0.05) is 23.1 Å². The first kappa shape index (κ1) is 13.1. The lowest BCUT2D eigenvalue weighted by Gasteiger charge is -2.04. The number of rotatable bonds is 4. The molecule has 1 N–H and O–H groups in total. The Kier molecular flexibility index (Phi) is 4.58. The molecule has 0 saturated heterocycles. The highest BCUT2D eigenvalue weighted by atomic mass is 32.1. The van der Waals surface area contributed by atoms with E-state index < -0.39 is 11.0 Å². The van der Waals surface area contributed by atoms with E-state index in [-0.39, 0.29) is 11.0 Å². The van der Waals surface area contributed by atoms with Crippen molar-refractivity contribution in [1.29, 1.82) is 0 Å². The number of hydrogen-bond acceptors (Lipinski definition) is 6. The van der Waals surface area contributed by atoms with Gasteiger partial charge in [-0.1, -0.05) is 16.5 Å². The van der Waals surface area contributed by atoms with Gasteiger partial charge in [0.2, 0.25) is 0 Å². The Morgan fingerprint density at radius 3 is 2.94 bits per heavy atom. The Balaban J connectivity index is 2.48. The molecule has 1 amide bonds. The molecule has 0 aromatic carbocycles. The van der Waals surface area contributed by atoms with Crippen molar-refractivity contribution in [2.45, 2.75) is 19.9 Å². The van der Waals surface area contributed by atoms with E-state index in [0.717, 1.165) is 11.3 Å². The molecular weight excluding hydrogens is 246 g/mol. The van der Waals surface area contributed by atoms with Crippen LogP contribution in [-0.2, 0) is 4.84 Å². The third-order valence-corrected chi connectivity index (χ3v) is 2.43. The number of carbonyl (C=O) groups excluding carboxylic acids is 1. The summed E-state index contributed by atoms with van der Waals surface area (Å²) in [5.41, 5.74) is 0.513. The first-order valence-corrected chi connectivity index (χ1v) is 5.61.